The summed E-state index contributed by atoms with van der Waals surface area (Å²) >= 11 is 1.20. The Labute approximate surface area is 179 Å². The molecule has 0 fully saturated rings. The minimum atomic E-state index is -0.792. The number of carbonyl (C=O) groups excluding carboxylic acids is 1. The van der Waals surface area contributed by atoms with Gasteiger partial charge < -0.3 is 10.1 Å². The molecule has 0 atom stereocenters. The van der Waals surface area contributed by atoms with E-state index in [0.29, 0.717) is 21.8 Å². The van der Waals surface area contributed by atoms with Crippen LogP contribution in [-0.2, 0) is 13.2 Å². The van der Waals surface area contributed by atoms with Crippen molar-refractivity contribution in [1.29, 1.82) is 0 Å². The van der Waals surface area contributed by atoms with Crippen molar-refractivity contribution in [3.8, 4) is 5.75 Å². The van der Waals surface area contributed by atoms with Crippen molar-refractivity contribution in [2.24, 2.45) is 0 Å². The molecule has 0 spiro atoms. The van der Waals surface area contributed by atoms with Crippen molar-refractivity contribution in [3.05, 3.63) is 99.6 Å². The minimum absolute atomic E-state index is 0.0313. The number of carbonyl (C=O) groups is 1. The van der Waals surface area contributed by atoms with E-state index in [1.807, 2.05) is 0 Å². The van der Waals surface area contributed by atoms with Gasteiger partial charge in [-0.25, -0.2) is 13.2 Å². The summed E-state index contributed by atoms with van der Waals surface area (Å²) in [5.41, 5.74) is 1.16. The van der Waals surface area contributed by atoms with Crippen LogP contribution in [0.3, 0.4) is 0 Å². The van der Waals surface area contributed by atoms with Gasteiger partial charge in [0.15, 0.2) is 17.4 Å². The molecule has 0 aliphatic rings. The molecule has 5 nitrogen and oxygen atoms in total. The number of rotatable bonds is 7. The summed E-state index contributed by atoms with van der Waals surface area (Å²) in [5, 5.41) is 8.64. The lowest BCUT2D eigenvalue weighted by Gasteiger charge is -2.05. The molecule has 1 N–H and O–H groups in total. The van der Waals surface area contributed by atoms with Crippen molar-refractivity contribution < 1.29 is 22.7 Å². The van der Waals surface area contributed by atoms with Crippen molar-refractivity contribution in [1.82, 2.24) is 9.78 Å². The first-order valence-corrected chi connectivity index (χ1v) is 10.1. The first-order valence-electron chi connectivity index (χ1n) is 9.21. The highest BCUT2D eigenvalue weighted by Crippen LogP contribution is 2.22. The molecule has 2 aromatic heterocycles. The normalized spacial score (nSPS) is 10.8. The highest BCUT2D eigenvalue weighted by atomic mass is 32.1. The number of hydrogen-bond donors (Lipinski definition) is 1. The molecule has 9 heteroatoms. The van der Waals surface area contributed by atoms with Crippen LogP contribution in [0.15, 0.2) is 66.2 Å². The second kappa shape index (κ2) is 9.05. The molecule has 0 saturated carbocycles. The second-order valence-electron chi connectivity index (χ2n) is 6.63. The van der Waals surface area contributed by atoms with E-state index in [9.17, 15) is 18.0 Å². The van der Waals surface area contributed by atoms with Gasteiger partial charge in [-0.1, -0.05) is 18.2 Å². The van der Waals surface area contributed by atoms with E-state index in [-0.39, 0.29) is 30.6 Å². The largest absolute Gasteiger partial charge is 0.486 e. The molecule has 2 aromatic carbocycles. The van der Waals surface area contributed by atoms with Crippen LogP contribution in [0.2, 0.25) is 0 Å². The Bertz CT molecular complexity index is 1220. The second-order valence-corrected chi connectivity index (χ2v) is 7.54. The Morgan fingerprint density at radius 2 is 1.90 bits per heavy atom. The fraction of sp³-hybridized carbons (Fsp3) is 0.0909. The number of halogens is 3. The molecule has 0 unspecified atom stereocenters. The van der Waals surface area contributed by atoms with Crippen LogP contribution in [0.25, 0.3) is 0 Å². The Kier molecular flexibility index (Phi) is 6.03. The maximum absolute atomic E-state index is 13.8. The van der Waals surface area contributed by atoms with Gasteiger partial charge in [-0.2, -0.15) is 5.10 Å². The maximum atomic E-state index is 13.8. The van der Waals surface area contributed by atoms with Crippen molar-refractivity contribution in [3.63, 3.8) is 0 Å². The fourth-order valence-electron chi connectivity index (χ4n) is 2.82. The minimum Gasteiger partial charge on any atom is -0.486 e. The average molecular weight is 443 g/mol. The third kappa shape index (κ3) is 5.13. The smallest absolute Gasteiger partial charge is 0.266 e. The van der Waals surface area contributed by atoms with E-state index in [0.717, 1.165) is 12.1 Å². The van der Waals surface area contributed by atoms with Crippen LogP contribution in [0.4, 0.5) is 19.0 Å². The van der Waals surface area contributed by atoms with Crippen LogP contribution in [0, 0.1) is 17.5 Å². The predicted molar refractivity (Wildman–Crippen MR) is 111 cm³/mol. The van der Waals surface area contributed by atoms with E-state index >= 15 is 0 Å². The monoisotopic (exact) mass is 443 g/mol. The van der Waals surface area contributed by atoms with E-state index in [4.69, 9.17) is 4.74 Å². The molecule has 0 aliphatic carbocycles. The van der Waals surface area contributed by atoms with Gasteiger partial charge in [0, 0.05) is 29.5 Å². The Morgan fingerprint density at radius 3 is 2.71 bits per heavy atom. The lowest BCUT2D eigenvalue weighted by molar-refractivity contribution is 0.103. The third-order valence-electron chi connectivity index (χ3n) is 4.34. The number of nitrogens with one attached hydrogen (secondary N) is 1. The number of anilines is 1. The first-order chi connectivity index (χ1) is 15.0. The first kappa shape index (κ1) is 20.7. The molecule has 2 heterocycles. The molecule has 4 aromatic rings. The zero-order valence-corrected chi connectivity index (χ0v) is 16.8. The topological polar surface area (TPSA) is 56.2 Å². The van der Waals surface area contributed by atoms with Gasteiger partial charge in [0.25, 0.3) is 5.91 Å². The summed E-state index contributed by atoms with van der Waals surface area (Å²) in [6.45, 7) is 0.270. The van der Waals surface area contributed by atoms with Crippen molar-refractivity contribution >= 4 is 23.1 Å². The van der Waals surface area contributed by atoms with Gasteiger partial charge in [0.05, 0.1) is 11.4 Å². The van der Waals surface area contributed by atoms with E-state index in [1.54, 1.807) is 41.9 Å². The van der Waals surface area contributed by atoms with Gasteiger partial charge in [0.1, 0.15) is 18.2 Å². The Balaban J connectivity index is 1.35. The Morgan fingerprint density at radius 1 is 1.06 bits per heavy atom. The standard InChI is InChI=1S/C22H16F3N3O2S/c23-16-5-6-19(18(25)10-16)30-12-14-9-20(31-13-14)22(29)26-21-7-8-28(27-21)11-15-3-1-2-4-17(15)24/h1-10,13H,11-12H2,(H,26,27,29). The van der Waals surface area contributed by atoms with Crippen molar-refractivity contribution in [2.45, 2.75) is 13.2 Å². The number of ether oxygens (including phenoxy) is 1. The molecule has 0 aliphatic heterocycles. The third-order valence-corrected chi connectivity index (χ3v) is 5.32. The maximum Gasteiger partial charge on any atom is 0.266 e. The predicted octanol–water partition coefficient (Wildman–Crippen LogP) is 5.24. The van der Waals surface area contributed by atoms with E-state index in [2.05, 4.69) is 10.4 Å². The summed E-state index contributed by atoms with van der Waals surface area (Å²) in [5.74, 6) is -1.90. The summed E-state index contributed by atoms with van der Waals surface area (Å²) in [6, 6.07) is 12.7. The molecule has 4 rings (SSSR count). The molecular formula is C22H16F3N3O2S. The number of aromatic nitrogens is 2. The summed E-state index contributed by atoms with van der Waals surface area (Å²) in [7, 11) is 0. The summed E-state index contributed by atoms with van der Waals surface area (Å²) in [4.78, 5) is 12.9. The van der Waals surface area contributed by atoms with Gasteiger partial charge in [0.2, 0.25) is 0 Å². The Hall–Kier alpha value is -3.59. The average Bonchev–Trinajstić information content (AvgIpc) is 3.39. The highest BCUT2D eigenvalue weighted by Gasteiger charge is 2.13. The van der Waals surface area contributed by atoms with E-state index < -0.39 is 11.6 Å². The molecule has 158 valence electrons. The number of benzene rings is 2. The zero-order chi connectivity index (χ0) is 21.8. The fourth-order valence-corrected chi connectivity index (χ4v) is 3.61. The van der Waals surface area contributed by atoms with Crippen LogP contribution >= 0.6 is 11.3 Å². The van der Waals surface area contributed by atoms with Crippen LogP contribution in [0.1, 0.15) is 20.8 Å². The molecule has 31 heavy (non-hydrogen) atoms. The number of nitrogens with zero attached hydrogens (tertiary/aromatic N) is 2. The summed E-state index contributed by atoms with van der Waals surface area (Å²) < 4.78 is 47.2. The SMILES string of the molecule is O=C(Nc1ccn(Cc2ccccc2F)n1)c1cc(COc2ccc(F)cc2F)cs1. The van der Waals surface area contributed by atoms with Gasteiger partial charge in [-0.05, 0) is 29.6 Å². The van der Waals surface area contributed by atoms with Gasteiger partial charge in [-0.15, -0.1) is 11.3 Å². The molecule has 0 radical (unpaired) electrons. The quantitative estimate of drug-likeness (QED) is 0.425. The molecular weight excluding hydrogens is 427 g/mol. The summed E-state index contributed by atoms with van der Waals surface area (Å²) in [6.07, 6.45) is 1.65. The molecule has 0 saturated heterocycles. The lowest BCUT2D eigenvalue weighted by atomic mass is 10.2. The molecule has 1 amide bonds. The number of amides is 1. The number of thiophene rings is 1. The van der Waals surface area contributed by atoms with Crippen molar-refractivity contribution in [2.75, 3.05) is 5.32 Å². The van der Waals surface area contributed by atoms with Gasteiger partial charge in [-0.3, -0.25) is 9.48 Å². The lowest BCUT2D eigenvalue weighted by Crippen LogP contribution is -2.11. The van der Waals surface area contributed by atoms with Crippen LogP contribution in [0.5, 0.6) is 5.75 Å². The highest BCUT2D eigenvalue weighted by molar-refractivity contribution is 7.12. The van der Waals surface area contributed by atoms with Gasteiger partial charge >= 0.3 is 0 Å². The van der Waals surface area contributed by atoms with E-state index in [1.165, 1.54) is 28.2 Å². The van der Waals surface area contributed by atoms with Crippen LogP contribution < -0.4 is 10.1 Å². The zero-order valence-electron chi connectivity index (χ0n) is 16.0. The van der Waals surface area contributed by atoms with Crippen LogP contribution in [-0.4, -0.2) is 15.7 Å². The number of hydrogen-bond acceptors (Lipinski definition) is 4. The molecule has 0 bridgehead atoms.